The molecule has 3 aromatic rings. The lowest BCUT2D eigenvalue weighted by Gasteiger charge is -2.33. The van der Waals surface area contributed by atoms with E-state index >= 15 is 0 Å². The molecule has 1 fully saturated rings. The van der Waals surface area contributed by atoms with Crippen molar-refractivity contribution in [2.45, 2.75) is 12.8 Å². The Labute approximate surface area is 167 Å². The van der Waals surface area contributed by atoms with E-state index in [0.29, 0.717) is 36.9 Å². The highest BCUT2D eigenvalue weighted by Crippen LogP contribution is 2.33. The molecule has 5 rings (SSSR count). The molecule has 4 heterocycles. The molecular weight excluding hydrogens is 370 g/mol. The average molecular weight is 391 g/mol. The molecular formula is C21H21N5O3. The molecule has 1 N–H and O–H groups in total. The molecule has 0 spiro atoms. The van der Waals surface area contributed by atoms with E-state index in [1.807, 2.05) is 24.3 Å². The van der Waals surface area contributed by atoms with E-state index in [2.05, 4.69) is 25.2 Å². The molecule has 1 amide bonds. The normalized spacial score (nSPS) is 18.5. The Morgan fingerprint density at radius 2 is 1.93 bits per heavy atom. The molecule has 1 saturated heterocycles. The first-order valence-corrected chi connectivity index (χ1v) is 9.78. The van der Waals surface area contributed by atoms with E-state index < -0.39 is 0 Å². The minimum atomic E-state index is -0.102. The van der Waals surface area contributed by atoms with Gasteiger partial charge in [-0.3, -0.25) is 9.78 Å². The Morgan fingerprint density at radius 1 is 1.07 bits per heavy atom. The van der Waals surface area contributed by atoms with Gasteiger partial charge < -0.3 is 19.7 Å². The molecule has 0 aliphatic carbocycles. The second-order valence-electron chi connectivity index (χ2n) is 7.23. The number of ether oxygens (including phenoxy) is 2. The lowest BCUT2D eigenvalue weighted by Crippen LogP contribution is -2.40. The smallest absolute Gasteiger partial charge is 0.229 e. The molecule has 1 aromatic carbocycles. The number of hydrogen-bond donors (Lipinski definition) is 1. The van der Waals surface area contributed by atoms with Gasteiger partial charge in [0.2, 0.25) is 5.91 Å². The molecule has 1 unspecified atom stereocenters. The van der Waals surface area contributed by atoms with Crippen LogP contribution in [0.15, 0.2) is 42.9 Å². The van der Waals surface area contributed by atoms with Crippen molar-refractivity contribution < 1.29 is 14.3 Å². The van der Waals surface area contributed by atoms with E-state index in [9.17, 15) is 4.79 Å². The number of pyridine rings is 1. The first-order valence-electron chi connectivity index (χ1n) is 9.78. The van der Waals surface area contributed by atoms with Gasteiger partial charge in [-0.25, -0.2) is 9.97 Å². The number of amides is 1. The number of hydrogen-bond acceptors (Lipinski definition) is 7. The van der Waals surface area contributed by atoms with Gasteiger partial charge in [-0.1, -0.05) is 0 Å². The minimum absolute atomic E-state index is 0.0138. The lowest BCUT2D eigenvalue weighted by molar-refractivity contribution is -0.120. The molecule has 2 aliphatic rings. The van der Waals surface area contributed by atoms with Crippen LogP contribution in [-0.2, 0) is 4.79 Å². The van der Waals surface area contributed by atoms with Crippen LogP contribution in [0.5, 0.6) is 11.5 Å². The number of fused-ring (bicyclic) bond motifs is 2. The number of nitrogens with one attached hydrogen (secondary N) is 1. The molecule has 2 aliphatic heterocycles. The van der Waals surface area contributed by atoms with Crippen molar-refractivity contribution in [2.75, 3.05) is 36.5 Å². The zero-order chi connectivity index (χ0) is 19.6. The van der Waals surface area contributed by atoms with Crippen LogP contribution in [0.2, 0.25) is 0 Å². The van der Waals surface area contributed by atoms with Crippen molar-refractivity contribution in [1.29, 1.82) is 0 Å². The highest BCUT2D eigenvalue weighted by molar-refractivity contribution is 5.93. The maximum Gasteiger partial charge on any atom is 0.229 e. The van der Waals surface area contributed by atoms with Gasteiger partial charge in [-0.05, 0) is 31.0 Å². The SMILES string of the molecule is O=C(Nc1ccc2c(c1)OCCO2)C1CCCN(c2cnc3nccnc3c2)C1. The predicted octanol–water partition coefficient (Wildman–Crippen LogP) is 2.65. The number of anilines is 2. The van der Waals surface area contributed by atoms with Crippen LogP contribution in [0.4, 0.5) is 11.4 Å². The topological polar surface area (TPSA) is 89.5 Å². The first kappa shape index (κ1) is 17.7. The van der Waals surface area contributed by atoms with Crippen LogP contribution >= 0.6 is 0 Å². The second-order valence-corrected chi connectivity index (χ2v) is 7.23. The Morgan fingerprint density at radius 3 is 2.86 bits per heavy atom. The summed E-state index contributed by atoms with van der Waals surface area (Å²) in [5, 5.41) is 3.02. The maximum atomic E-state index is 12.9. The van der Waals surface area contributed by atoms with Crippen molar-refractivity contribution in [2.24, 2.45) is 5.92 Å². The Kier molecular flexibility index (Phi) is 4.59. The van der Waals surface area contributed by atoms with E-state index in [4.69, 9.17) is 9.47 Å². The summed E-state index contributed by atoms with van der Waals surface area (Å²) in [5.74, 6) is 1.29. The summed E-state index contributed by atoms with van der Waals surface area (Å²) in [6.45, 7) is 2.60. The fourth-order valence-electron chi connectivity index (χ4n) is 3.81. The van der Waals surface area contributed by atoms with Crippen molar-refractivity contribution in [3.8, 4) is 11.5 Å². The number of aromatic nitrogens is 3. The Hall–Kier alpha value is -3.42. The van der Waals surface area contributed by atoms with Crippen molar-refractivity contribution in [3.63, 3.8) is 0 Å². The maximum absolute atomic E-state index is 12.9. The molecule has 148 valence electrons. The van der Waals surface area contributed by atoms with Gasteiger partial charge in [-0.15, -0.1) is 0 Å². The van der Waals surface area contributed by atoms with Crippen molar-refractivity contribution >= 4 is 28.4 Å². The largest absolute Gasteiger partial charge is 0.486 e. The fraction of sp³-hybridized carbons (Fsp3) is 0.333. The number of piperidine rings is 1. The minimum Gasteiger partial charge on any atom is -0.486 e. The molecule has 1 atom stereocenters. The number of carbonyl (C=O) groups is 1. The first-order chi connectivity index (χ1) is 14.3. The monoisotopic (exact) mass is 391 g/mol. The van der Waals surface area contributed by atoms with Gasteiger partial charge in [0.05, 0.1) is 17.8 Å². The third-order valence-electron chi connectivity index (χ3n) is 5.28. The van der Waals surface area contributed by atoms with Crippen LogP contribution in [0.3, 0.4) is 0 Å². The zero-order valence-electron chi connectivity index (χ0n) is 15.9. The third kappa shape index (κ3) is 3.65. The molecule has 0 bridgehead atoms. The predicted molar refractivity (Wildman–Crippen MR) is 108 cm³/mol. The van der Waals surface area contributed by atoms with Crippen LogP contribution < -0.4 is 19.7 Å². The van der Waals surface area contributed by atoms with Crippen LogP contribution in [0.1, 0.15) is 12.8 Å². The number of carbonyl (C=O) groups excluding carboxylic acids is 1. The Balaban J connectivity index is 1.29. The second kappa shape index (κ2) is 7.54. The number of benzene rings is 1. The van der Waals surface area contributed by atoms with E-state index in [0.717, 1.165) is 36.3 Å². The molecule has 8 heteroatoms. The molecule has 0 radical (unpaired) electrons. The van der Waals surface area contributed by atoms with Crippen LogP contribution in [0, 0.1) is 5.92 Å². The number of nitrogens with zero attached hydrogens (tertiary/aromatic N) is 4. The Bertz CT molecular complexity index is 1060. The van der Waals surface area contributed by atoms with Gasteiger partial charge in [0.15, 0.2) is 17.1 Å². The van der Waals surface area contributed by atoms with Gasteiger partial charge in [0.1, 0.15) is 18.7 Å². The van der Waals surface area contributed by atoms with Crippen molar-refractivity contribution in [3.05, 3.63) is 42.9 Å². The molecule has 0 saturated carbocycles. The van der Waals surface area contributed by atoms with Crippen LogP contribution in [0.25, 0.3) is 11.2 Å². The molecule has 2 aromatic heterocycles. The summed E-state index contributed by atoms with van der Waals surface area (Å²) in [7, 11) is 0. The van der Waals surface area contributed by atoms with Gasteiger partial charge in [0, 0.05) is 37.2 Å². The number of rotatable bonds is 3. The molecule has 8 nitrogen and oxygen atoms in total. The molecule has 29 heavy (non-hydrogen) atoms. The fourth-order valence-corrected chi connectivity index (χ4v) is 3.81. The standard InChI is InChI=1S/C21H21N5O3/c27-21(25-15-3-4-18-19(10-15)29-9-8-28-18)14-2-1-7-26(13-14)16-11-17-20(24-12-16)23-6-5-22-17/h3-6,10-12,14H,1-2,7-9,13H2,(H,25,27). The van der Waals surface area contributed by atoms with Crippen LogP contribution in [-0.4, -0.2) is 47.2 Å². The lowest BCUT2D eigenvalue weighted by atomic mass is 9.96. The highest BCUT2D eigenvalue weighted by atomic mass is 16.6. The van der Waals surface area contributed by atoms with E-state index in [1.54, 1.807) is 18.6 Å². The van der Waals surface area contributed by atoms with Gasteiger partial charge in [0.25, 0.3) is 0 Å². The summed E-state index contributed by atoms with van der Waals surface area (Å²) in [6, 6.07) is 7.48. The quantitative estimate of drug-likeness (QED) is 0.734. The summed E-state index contributed by atoms with van der Waals surface area (Å²) in [4.78, 5) is 28.0. The summed E-state index contributed by atoms with van der Waals surface area (Å²) in [5.41, 5.74) is 3.07. The van der Waals surface area contributed by atoms with E-state index in [-0.39, 0.29) is 11.8 Å². The third-order valence-corrected chi connectivity index (χ3v) is 5.28. The zero-order valence-corrected chi connectivity index (χ0v) is 15.9. The van der Waals surface area contributed by atoms with Crippen molar-refractivity contribution in [1.82, 2.24) is 15.0 Å². The van der Waals surface area contributed by atoms with E-state index in [1.165, 1.54) is 0 Å². The van der Waals surface area contributed by atoms with Gasteiger partial charge in [-0.2, -0.15) is 0 Å². The summed E-state index contributed by atoms with van der Waals surface area (Å²) in [6.07, 6.45) is 6.89. The van der Waals surface area contributed by atoms with Gasteiger partial charge >= 0.3 is 0 Å². The average Bonchev–Trinajstić information content (AvgIpc) is 2.79. The summed E-state index contributed by atoms with van der Waals surface area (Å²) < 4.78 is 11.1. The highest BCUT2D eigenvalue weighted by Gasteiger charge is 2.27. The summed E-state index contributed by atoms with van der Waals surface area (Å²) >= 11 is 0.